The third kappa shape index (κ3) is 4.57. The number of aromatic nitrogens is 1. The number of hydrogen-bond donors (Lipinski definition) is 0. The highest BCUT2D eigenvalue weighted by atomic mass is 79.9. The zero-order valence-corrected chi connectivity index (χ0v) is 18.8. The molecule has 0 aliphatic rings. The highest BCUT2D eigenvalue weighted by molar-refractivity contribution is 9.10. The Morgan fingerprint density at radius 1 is 0.935 bits per heavy atom. The minimum Gasteiger partial charge on any atom is -0.454 e. The van der Waals surface area contributed by atoms with E-state index in [1.165, 1.54) is 0 Å². The maximum absolute atomic E-state index is 13.0. The molecule has 3 aromatic carbocycles. The van der Waals surface area contributed by atoms with E-state index < -0.39 is 5.97 Å². The molecule has 4 rings (SSSR count). The van der Waals surface area contributed by atoms with Gasteiger partial charge in [-0.25, -0.2) is 9.78 Å². The molecule has 0 unspecified atom stereocenters. The summed E-state index contributed by atoms with van der Waals surface area (Å²) < 4.78 is 6.23. The largest absolute Gasteiger partial charge is 0.454 e. The van der Waals surface area contributed by atoms with Gasteiger partial charge in [-0.05, 0) is 43.7 Å². The van der Waals surface area contributed by atoms with Gasteiger partial charge in [0.1, 0.15) is 0 Å². The van der Waals surface area contributed by atoms with E-state index in [-0.39, 0.29) is 12.4 Å². The number of ketones is 1. The van der Waals surface area contributed by atoms with Gasteiger partial charge in [0, 0.05) is 21.0 Å². The summed E-state index contributed by atoms with van der Waals surface area (Å²) in [4.78, 5) is 30.1. The van der Waals surface area contributed by atoms with Crippen molar-refractivity contribution in [2.75, 3.05) is 6.61 Å². The normalized spacial score (nSPS) is 10.8. The van der Waals surface area contributed by atoms with Crippen LogP contribution in [0.3, 0.4) is 0 Å². The fourth-order valence-electron chi connectivity index (χ4n) is 3.52. The molecule has 0 aliphatic heterocycles. The van der Waals surface area contributed by atoms with Crippen LogP contribution in [0.25, 0.3) is 22.2 Å². The monoisotopic (exact) mass is 473 g/mol. The van der Waals surface area contributed by atoms with Gasteiger partial charge in [-0.2, -0.15) is 0 Å². The summed E-state index contributed by atoms with van der Waals surface area (Å²) in [5.74, 6) is -0.802. The van der Waals surface area contributed by atoms with Crippen LogP contribution < -0.4 is 0 Å². The summed E-state index contributed by atoms with van der Waals surface area (Å²) in [5.41, 5.74) is 5.43. The van der Waals surface area contributed by atoms with Crippen molar-refractivity contribution in [3.63, 3.8) is 0 Å². The lowest BCUT2D eigenvalue weighted by atomic mass is 9.99. The second kappa shape index (κ2) is 8.82. The van der Waals surface area contributed by atoms with E-state index in [4.69, 9.17) is 9.72 Å². The first-order valence-electron chi connectivity index (χ1n) is 9.85. The van der Waals surface area contributed by atoms with Crippen molar-refractivity contribution in [3.05, 3.63) is 99.5 Å². The maximum Gasteiger partial charge on any atom is 0.339 e. The summed E-state index contributed by atoms with van der Waals surface area (Å²) in [6.07, 6.45) is 0. The van der Waals surface area contributed by atoms with Gasteiger partial charge in [-0.15, -0.1) is 0 Å². The Morgan fingerprint density at radius 2 is 1.71 bits per heavy atom. The molecule has 0 saturated carbocycles. The first kappa shape index (κ1) is 20.9. The van der Waals surface area contributed by atoms with Crippen LogP contribution in [0.2, 0.25) is 0 Å². The van der Waals surface area contributed by atoms with Gasteiger partial charge < -0.3 is 4.74 Å². The van der Waals surface area contributed by atoms with E-state index in [0.717, 1.165) is 21.2 Å². The molecule has 0 atom stereocenters. The number of benzene rings is 3. The SMILES string of the molecule is Cc1ccc(-c2cc(C(=O)OCC(=O)c3ccccc3)c3cc(Br)ccc3n2)c(C)c1. The van der Waals surface area contributed by atoms with Crippen LogP contribution in [0.5, 0.6) is 0 Å². The molecule has 4 aromatic rings. The van der Waals surface area contributed by atoms with Gasteiger partial charge in [-0.1, -0.05) is 70.0 Å². The Balaban J connectivity index is 1.72. The van der Waals surface area contributed by atoms with Gasteiger partial charge in [0.25, 0.3) is 0 Å². The molecule has 1 aromatic heterocycles. The standard InChI is InChI=1S/C26H20BrNO3/c1-16-8-10-20(17(2)12-16)24-14-22(21-13-19(27)9-11-23(21)28-24)26(30)31-15-25(29)18-6-4-3-5-7-18/h3-14H,15H2,1-2H3. The predicted octanol–water partition coefficient (Wildman–Crippen LogP) is 6.32. The molecule has 4 nitrogen and oxygen atoms in total. The number of ether oxygens (including phenoxy) is 1. The molecule has 1 heterocycles. The number of esters is 1. The van der Waals surface area contributed by atoms with Crippen molar-refractivity contribution in [1.82, 2.24) is 4.98 Å². The van der Waals surface area contributed by atoms with Crippen LogP contribution >= 0.6 is 15.9 Å². The Hall–Kier alpha value is -3.31. The van der Waals surface area contributed by atoms with Crippen LogP contribution in [0, 0.1) is 13.8 Å². The average molecular weight is 474 g/mol. The molecule has 31 heavy (non-hydrogen) atoms. The van der Waals surface area contributed by atoms with Crippen molar-refractivity contribution in [3.8, 4) is 11.3 Å². The van der Waals surface area contributed by atoms with E-state index >= 15 is 0 Å². The zero-order valence-electron chi connectivity index (χ0n) is 17.2. The summed E-state index contributed by atoms with van der Waals surface area (Å²) in [7, 11) is 0. The fraction of sp³-hybridized carbons (Fsp3) is 0.115. The Labute approximate surface area is 189 Å². The number of fused-ring (bicyclic) bond motifs is 1. The summed E-state index contributed by atoms with van der Waals surface area (Å²) in [6.45, 7) is 3.74. The maximum atomic E-state index is 13.0. The molecule has 0 radical (unpaired) electrons. The smallest absolute Gasteiger partial charge is 0.339 e. The van der Waals surface area contributed by atoms with Crippen molar-refractivity contribution in [2.45, 2.75) is 13.8 Å². The summed E-state index contributed by atoms with van der Waals surface area (Å²) in [5, 5.41) is 0.667. The van der Waals surface area contributed by atoms with E-state index in [9.17, 15) is 9.59 Å². The molecule has 5 heteroatoms. The Bertz CT molecular complexity index is 1300. The molecule has 0 fully saturated rings. The van der Waals surface area contributed by atoms with E-state index in [1.807, 2.05) is 50.2 Å². The van der Waals surface area contributed by atoms with Gasteiger partial charge >= 0.3 is 5.97 Å². The third-order valence-corrected chi connectivity index (χ3v) is 5.57. The molecule has 0 N–H and O–H groups in total. The van der Waals surface area contributed by atoms with Gasteiger partial charge in [0.05, 0.1) is 16.8 Å². The summed E-state index contributed by atoms with van der Waals surface area (Å²) >= 11 is 3.46. The minimum atomic E-state index is -0.555. The first-order chi connectivity index (χ1) is 14.9. The number of halogens is 1. The minimum absolute atomic E-state index is 0.247. The fourth-order valence-corrected chi connectivity index (χ4v) is 3.88. The van der Waals surface area contributed by atoms with Crippen LogP contribution in [0.15, 0.2) is 77.3 Å². The third-order valence-electron chi connectivity index (χ3n) is 5.08. The quantitative estimate of drug-likeness (QED) is 0.251. The number of aryl methyl sites for hydroxylation is 2. The lowest BCUT2D eigenvalue weighted by Crippen LogP contribution is -2.15. The van der Waals surface area contributed by atoms with Crippen molar-refractivity contribution in [2.24, 2.45) is 0 Å². The highest BCUT2D eigenvalue weighted by Gasteiger charge is 2.18. The second-order valence-electron chi connectivity index (χ2n) is 7.40. The molecule has 0 spiro atoms. The lowest BCUT2D eigenvalue weighted by Gasteiger charge is -2.12. The predicted molar refractivity (Wildman–Crippen MR) is 125 cm³/mol. The number of carbonyl (C=O) groups is 2. The van der Waals surface area contributed by atoms with Crippen molar-refractivity contribution >= 4 is 38.6 Å². The van der Waals surface area contributed by atoms with Crippen LogP contribution in [-0.4, -0.2) is 23.3 Å². The van der Waals surface area contributed by atoms with Crippen molar-refractivity contribution < 1.29 is 14.3 Å². The first-order valence-corrected chi connectivity index (χ1v) is 10.6. The van der Waals surface area contributed by atoms with Crippen molar-refractivity contribution in [1.29, 1.82) is 0 Å². The Kier molecular flexibility index (Phi) is 5.96. The van der Waals surface area contributed by atoms with Gasteiger partial charge in [0.15, 0.2) is 12.4 Å². The summed E-state index contributed by atoms with van der Waals surface area (Å²) in [6, 6.07) is 22.2. The van der Waals surface area contributed by atoms with Crippen LogP contribution in [0.1, 0.15) is 31.8 Å². The number of nitrogens with zero attached hydrogens (tertiary/aromatic N) is 1. The second-order valence-corrected chi connectivity index (χ2v) is 8.32. The highest BCUT2D eigenvalue weighted by Crippen LogP contribution is 2.29. The topological polar surface area (TPSA) is 56.3 Å². The molecule has 0 bridgehead atoms. The number of pyridine rings is 1. The molecular formula is C26H20BrNO3. The molecule has 154 valence electrons. The lowest BCUT2D eigenvalue weighted by molar-refractivity contribution is 0.0476. The van der Waals surface area contributed by atoms with E-state index in [2.05, 4.69) is 22.0 Å². The molecular weight excluding hydrogens is 454 g/mol. The van der Waals surface area contributed by atoms with Crippen LogP contribution in [-0.2, 0) is 4.74 Å². The molecule has 0 amide bonds. The van der Waals surface area contributed by atoms with Crippen LogP contribution in [0.4, 0.5) is 0 Å². The Morgan fingerprint density at radius 3 is 2.45 bits per heavy atom. The number of Topliss-reactive ketones (excluding diaryl/α,β-unsaturated/α-hetero) is 1. The van der Waals surface area contributed by atoms with Gasteiger partial charge in [-0.3, -0.25) is 4.79 Å². The number of rotatable bonds is 5. The number of hydrogen-bond acceptors (Lipinski definition) is 4. The van der Waals surface area contributed by atoms with E-state index in [1.54, 1.807) is 30.3 Å². The number of carbonyl (C=O) groups excluding carboxylic acids is 2. The van der Waals surface area contributed by atoms with Gasteiger partial charge in [0.2, 0.25) is 0 Å². The molecule has 0 aliphatic carbocycles. The average Bonchev–Trinajstić information content (AvgIpc) is 2.77. The zero-order chi connectivity index (χ0) is 22.0. The van der Waals surface area contributed by atoms with E-state index in [0.29, 0.717) is 27.7 Å². The molecule has 0 saturated heterocycles.